The molecule has 2 aliphatic heterocycles. The molecule has 0 saturated carbocycles. The molecule has 0 aromatic rings. The van der Waals surface area contributed by atoms with E-state index in [0.717, 1.165) is 51.8 Å². The minimum atomic E-state index is 0. The van der Waals surface area contributed by atoms with Crippen LogP contribution in [0, 0.1) is 5.92 Å². The highest BCUT2D eigenvalue weighted by Gasteiger charge is 2.24. The Morgan fingerprint density at radius 3 is 2.95 bits per heavy atom. The van der Waals surface area contributed by atoms with Crippen LogP contribution in [0.15, 0.2) is 4.99 Å². The SMILES string of the molecule is CCNC(=NCCC1CCCO1)N1CCC(COC)C1.I. The topological polar surface area (TPSA) is 46.1 Å². The van der Waals surface area contributed by atoms with Crippen LogP contribution >= 0.6 is 24.0 Å². The van der Waals surface area contributed by atoms with E-state index in [-0.39, 0.29) is 24.0 Å². The highest BCUT2D eigenvalue weighted by Crippen LogP contribution is 2.17. The number of guanidine groups is 1. The summed E-state index contributed by atoms with van der Waals surface area (Å²) in [7, 11) is 1.78. The molecule has 0 radical (unpaired) electrons. The average Bonchev–Trinajstić information content (AvgIpc) is 3.09. The van der Waals surface area contributed by atoms with Crippen LogP contribution in [-0.4, -0.2) is 63.5 Å². The molecule has 0 spiro atoms. The Morgan fingerprint density at radius 2 is 2.29 bits per heavy atom. The van der Waals surface area contributed by atoms with Crippen LogP contribution in [0.4, 0.5) is 0 Å². The number of likely N-dealkylation sites (tertiary alicyclic amines) is 1. The van der Waals surface area contributed by atoms with Gasteiger partial charge in [0.25, 0.3) is 0 Å². The van der Waals surface area contributed by atoms with Crippen LogP contribution in [0.1, 0.15) is 32.6 Å². The van der Waals surface area contributed by atoms with E-state index in [1.165, 1.54) is 19.3 Å². The molecule has 2 heterocycles. The van der Waals surface area contributed by atoms with Gasteiger partial charge < -0.3 is 19.7 Å². The molecule has 0 aromatic heterocycles. The summed E-state index contributed by atoms with van der Waals surface area (Å²) >= 11 is 0. The van der Waals surface area contributed by atoms with Crippen molar-refractivity contribution in [2.24, 2.45) is 10.9 Å². The number of hydrogen-bond acceptors (Lipinski definition) is 3. The van der Waals surface area contributed by atoms with Gasteiger partial charge in [0.2, 0.25) is 0 Å². The number of nitrogens with zero attached hydrogens (tertiary/aromatic N) is 2. The van der Waals surface area contributed by atoms with Crippen molar-refractivity contribution in [2.75, 3.05) is 46.5 Å². The van der Waals surface area contributed by atoms with Gasteiger partial charge in [0.15, 0.2) is 5.96 Å². The van der Waals surface area contributed by atoms with Gasteiger partial charge in [-0.2, -0.15) is 0 Å². The molecule has 0 aromatic carbocycles. The molecule has 2 saturated heterocycles. The van der Waals surface area contributed by atoms with E-state index < -0.39 is 0 Å². The third-order valence-corrected chi connectivity index (χ3v) is 4.06. The monoisotopic (exact) mass is 411 g/mol. The Morgan fingerprint density at radius 1 is 1.43 bits per heavy atom. The summed E-state index contributed by atoms with van der Waals surface area (Å²) in [5.74, 6) is 1.70. The molecule has 21 heavy (non-hydrogen) atoms. The number of aliphatic imine (C=N–C) groups is 1. The van der Waals surface area contributed by atoms with Gasteiger partial charge >= 0.3 is 0 Å². The summed E-state index contributed by atoms with van der Waals surface area (Å²) in [6.45, 7) is 7.82. The van der Waals surface area contributed by atoms with Crippen LogP contribution in [0.3, 0.4) is 0 Å². The van der Waals surface area contributed by atoms with Crippen LogP contribution in [0.2, 0.25) is 0 Å². The highest BCUT2D eigenvalue weighted by molar-refractivity contribution is 14.0. The van der Waals surface area contributed by atoms with Crippen molar-refractivity contribution >= 4 is 29.9 Å². The standard InChI is InChI=1S/C15H29N3O2.HI/c1-3-16-15(17-8-6-14-5-4-10-20-14)18-9-7-13(11-18)12-19-2;/h13-14H,3-12H2,1-2H3,(H,16,17);1H. The van der Waals surface area contributed by atoms with E-state index in [4.69, 9.17) is 14.5 Å². The first-order valence-electron chi connectivity index (χ1n) is 7.97. The van der Waals surface area contributed by atoms with E-state index in [1.807, 2.05) is 0 Å². The molecule has 6 heteroatoms. The molecule has 2 aliphatic rings. The Hall–Kier alpha value is -0.0800. The Kier molecular flexibility index (Phi) is 9.59. The predicted molar refractivity (Wildman–Crippen MR) is 96.5 cm³/mol. The molecular formula is C15H30IN3O2. The van der Waals surface area contributed by atoms with Gasteiger partial charge in [-0.1, -0.05) is 0 Å². The van der Waals surface area contributed by atoms with Gasteiger partial charge in [-0.15, -0.1) is 24.0 Å². The second-order valence-electron chi connectivity index (χ2n) is 5.72. The van der Waals surface area contributed by atoms with Crippen LogP contribution < -0.4 is 5.32 Å². The minimum absolute atomic E-state index is 0. The van der Waals surface area contributed by atoms with Gasteiger partial charge in [0, 0.05) is 45.8 Å². The zero-order valence-electron chi connectivity index (χ0n) is 13.3. The smallest absolute Gasteiger partial charge is 0.193 e. The average molecular weight is 411 g/mol. The third-order valence-electron chi connectivity index (χ3n) is 4.06. The second kappa shape index (κ2) is 10.6. The fraction of sp³-hybridized carbons (Fsp3) is 0.933. The molecule has 5 nitrogen and oxygen atoms in total. The van der Waals surface area contributed by atoms with Crippen molar-refractivity contribution in [3.8, 4) is 0 Å². The molecule has 0 aliphatic carbocycles. The summed E-state index contributed by atoms with van der Waals surface area (Å²) in [4.78, 5) is 7.13. The molecule has 2 rings (SSSR count). The molecule has 1 N–H and O–H groups in total. The van der Waals surface area contributed by atoms with E-state index >= 15 is 0 Å². The lowest BCUT2D eigenvalue weighted by molar-refractivity contribution is 0.106. The number of nitrogens with one attached hydrogen (secondary N) is 1. The first-order valence-corrected chi connectivity index (χ1v) is 7.97. The van der Waals surface area contributed by atoms with Crippen LogP contribution in [-0.2, 0) is 9.47 Å². The summed E-state index contributed by atoms with van der Waals surface area (Å²) in [6, 6.07) is 0. The minimum Gasteiger partial charge on any atom is -0.384 e. The maximum atomic E-state index is 5.65. The quantitative estimate of drug-likeness (QED) is 0.413. The largest absolute Gasteiger partial charge is 0.384 e. The van der Waals surface area contributed by atoms with Crippen molar-refractivity contribution in [3.05, 3.63) is 0 Å². The predicted octanol–water partition coefficient (Wildman–Crippen LogP) is 2.11. The van der Waals surface area contributed by atoms with Crippen molar-refractivity contribution in [1.29, 1.82) is 0 Å². The number of halogens is 1. The van der Waals surface area contributed by atoms with Gasteiger partial charge in [-0.25, -0.2) is 0 Å². The van der Waals surface area contributed by atoms with Gasteiger partial charge in [-0.05, 0) is 32.6 Å². The lowest BCUT2D eigenvalue weighted by Crippen LogP contribution is -2.40. The van der Waals surface area contributed by atoms with Gasteiger partial charge in [0.1, 0.15) is 0 Å². The number of hydrogen-bond donors (Lipinski definition) is 1. The van der Waals surface area contributed by atoms with E-state index in [1.54, 1.807) is 7.11 Å². The molecule has 2 unspecified atom stereocenters. The third kappa shape index (κ3) is 6.28. The zero-order valence-corrected chi connectivity index (χ0v) is 15.7. The van der Waals surface area contributed by atoms with Gasteiger partial charge in [0.05, 0.1) is 12.7 Å². The fourth-order valence-corrected chi connectivity index (χ4v) is 3.01. The van der Waals surface area contributed by atoms with Crippen molar-refractivity contribution in [3.63, 3.8) is 0 Å². The highest BCUT2D eigenvalue weighted by atomic mass is 127. The molecule has 2 atom stereocenters. The van der Waals surface area contributed by atoms with Crippen molar-refractivity contribution in [1.82, 2.24) is 10.2 Å². The molecular weight excluding hydrogens is 381 g/mol. The van der Waals surface area contributed by atoms with E-state index in [9.17, 15) is 0 Å². The normalized spacial score (nSPS) is 26.0. The Balaban J connectivity index is 0.00000220. The van der Waals surface area contributed by atoms with E-state index in [2.05, 4.69) is 17.1 Å². The lowest BCUT2D eigenvalue weighted by Gasteiger charge is -2.21. The number of rotatable bonds is 6. The second-order valence-corrected chi connectivity index (χ2v) is 5.72. The molecule has 0 bridgehead atoms. The summed E-state index contributed by atoms with van der Waals surface area (Å²) < 4.78 is 10.9. The van der Waals surface area contributed by atoms with Crippen LogP contribution in [0.25, 0.3) is 0 Å². The Labute approximate surface area is 145 Å². The van der Waals surface area contributed by atoms with Gasteiger partial charge in [-0.3, -0.25) is 4.99 Å². The first kappa shape index (κ1) is 19.0. The number of methoxy groups -OCH3 is 1. The number of ether oxygens (including phenoxy) is 2. The summed E-state index contributed by atoms with van der Waals surface area (Å²) in [5, 5.41) is 3.41. The first-order chi connectivity index (χ1) is 9.83. The maximum Gasteiger partial charge on any atom is 0.193 e. The zero-order chi connectivity index (χ0) is 14.2. The lowest BCUT2D eigenvalue weighted by atomic mass is 10.1. The fourth-order valence-electron chi connectivity index (χ4n) is 3.01. The van der Waals surface area contributed by atoms with Crippen molar-refractivity contribution < 1.29 is 9.47 Å². The molecule has 124 valence electrons. The molecule has 0 amide bonds. The van der Waals surface area contributed by atoms with Crippen molar-refractivity contribution in [2.45, 2.75) is 38.7 Å². The van der Waals surface area contributed by atoms with E-state index in [0.29, 0.717) is 12.0 Å². The summed E-state index contributed by atoms with van der Waals surface area (Å²) in [6.07, 6.45) is 5.08. The summed E-state index contributed by atoms with van der Waals surface area (Å²) in [5.41, 5.74) is 0. The molecule has 2 fully saturated rings. The maximum absolute atomic E-state index is 5.65. The van der Waals surface area contributed by atoms with Crippen LogP contribution in [0.5, 0.6) is 0 Å². The Bertz CT molecular complexity index is 309.